The number of guanidine groups is 1. The Labute approximate surface area is 163 Å². The predicted octanol–water partition coefficient (Wildman–Crippen LogP) is 3.63. The van der Waals surface area contributed by atoms with Gasteiger partial charge in [-0.2, -0.15) is 0 Å². The van der Waals surface area contributed by atoms with Crippen LogP contribution in [-0.2, 0) is 10.2 Å². The molecule has 0 aromatic heterocycles. The van der Waals surface area contributed by atoms with Crippen molar-refractivity contribution in [2.45, 2.75) is 63.8 Å². The number of ether oxygens (including phenoxy) is 2. The van der Waals surface area contributed by atoms with Gasteiger partial charge < -0.3 is 20.1 Å². The average molecular weight is 374 g/mol. The quantitative estimate of drug-likeness (QED) is 0.566. The van der Waals surface area contributed by atoms with Gasteiger partial charge in [-0.05, 0) is 57.2 Å². The van der Waals surface area contributed by atoms with Crippen LogP contribution >= 0.6 is 0 Å². The van der Waals surface area contributed by atoms with E-state index in [1.54, 1.807) is 0 Å². The van der Waals surface area contributed by atoms with Gasteiger partial charge in [0.15, 0.2) is 5.96 Å². The van der Waals surface area contributed by atoms with Crippen molar-refractivity contribution >= 4 is 5.96 Å². The van der Waals surface area contributed by atoms with Crippen LogP contribution in [0.2, 0.25) is 0 Å². The Morgan fingerprint density at radius 1 is 1.15 bits per heavy atom. The zero-order valence-electron chi connectivity index (χ0n) is 16.9. The van der Waals surface area contributed by atoms with E-state index in [-0.39, 0.29) is 5.41 Å². The Kier molecular flexibility index (Phi) is 7.39. The molecule has 0 bridgehead atoms. The van der Waals surface area contributed by atoms with Gasteiger partial charge in [-0.1, -0.05) is 25.0 Å². The van der Waals surface area contributed by atoms with Gasteiger partial charge in [-0.25, -0.2) is 0 Å². The van der Waals surface area contributed by atoms with Gasteiger partial charge in [0.05, 0.1) is 13.2 Å². The average Bonchev–Trinajstić information content (AvgIpc) is 3.21. The Bertz CT molecular complexity index is 588. The van der Waals surface area contributed by atoms with E-state index in [4.69, 9.17) is 14.5 Å². The lowest BCUT2D eigenvalue weighted by Crippen LogP contribution is -2.44. The summed E-state index contributed by atoms with van der Waals surface area (Å²) in [4.78, 5) is 5.02. The monoisotopic (exact) mass is 373 g/mol. The first-order valence-electron chi connectivity index (χ1n) is 10.6. The Hall–Kier alpha value is -1.75. The number of aliphatic imine (C=N–C) groups is 1. The van der Waals surface area contributed by atoms with Crippen molar-refractivity contribution in [1.29, 1.82) is 0 Å². The van der Waals surface area contributed by atoms with Gasteiger partial charge in [-0.15, -0.1) is 0 Å². The first-order valence-corrected chi connectivity index (χ1v) is 10.6. The van der Waals surface area contributed by atoms with Gasteiger partial charge >= 0.3 is 0 Å². The van der Waals surface area contributed by atoms with Crippen LogP contribution in [0.1, 0.15) is 57.9 Å². The molecule has 0 unspecified atom stereocenters. The maximum absolute atomic E-state index is 5.67. The highest BCUT2D eigenvalue weighted by molar-refractivity contribution is 5.80. The van der Waals surface area contributed by atoms with E-state index in [2.05, 4.69) is 41.8 Å². The van der Waals surface area contributed by atoms with Crippen LogP contribution < -0.4 is 15.4 Å². The Morgan fingerprint density at radius 2 is 1.85 bits per heavy atom. The van der Waals surface area contributed by atoms with Gasteiger partial charge in [0.1, 0.15) is 5.75 Å². The minimum Gasteiger partial charge on any atom is -0.494 e. The fourth-order valence-electron chi connectivity index (χ4n) is 4.19. The highest BCUT2D eigenvalue weighted by atomic mass is 16.5. The summed E-state index contributed by atoms with van der Waals surface area (Å²) in [6.07, 6.45) is 7.17. The summed E-state index contributed by atoms with van der Waals surface area (Å²) in [6, 6.07) is 9.16. The second-order valence-corrected chi connectivity index (χ2v) is 7.67. The van der Waals surface area contributed by atoms with E-state index in [9.17, 15) is 0 Å². The zero-order valence-corrected chi connectivity index (χ0v) is 16.9. The van der Waals surface area contributed by atoms with Crippen molar-refractivity contribution in [3.05, 3.63) is 29.8 Å². The smallest absolute Gasteiger partial charge is 0.191 e. The molecule has 27 heavy (non-hydrogen) atoms. The number of benzene rings is 1. The highest BCUT2D eigenvalue weighted by Crippen LogP contribution is 2.36. The minimum absolute atomic E-state index is 0.0427. The van der Waals surface area contributed by atoms with E-state index in [0.29, 0.717) is 12.6 Å². The molecule has 0 atom stereocenters. The Balaban J connectivity index is 1.76. The molecule has 0 radical (unpaired) electrons. The van der Waals surface area contributed by atoms with E-state index in [1.807, 2.05) is 6.92 Å². The van der Waals surface area contributed by atoms with Crippen LogP contribution in [0.3, 0.4) is 0 Å². The lowest BCUT2D eigenvalue weighted by atomic mass is 9.74. The number of nitrogens with one attached hydrogen (secondary N) is 2. The van der Waals surface area contributed by atoms with Crippen molar-refractivity contribution < 1.29 is 9.47 Å². The van der Waals surface area contributed by atoms with E-state index in [1.165, 1.54) is 31.2 Å². The van der Waals surface area contributed by atoms with Gasteiger partial charge in [0, 0.05) is 31.2 Å². The second-order valence-electron chi connectivity index (χ2n) is 7.67. The SMILES string of the molecule is CCNC(=NCC1(c2ccc(OCC)cc2)CCOCC1)NC1CCCC1. The summed E-state index contributed by atoms with van der Waals surface area (Å²) >= 11 is 0. The molecule has 1 aromatic rings. The van der Waals surface area contributed by atoms with Gasteiger partial charge in [-0.3, -0.25) is 4.99 Å². The van der Waals surface area contributed by atoms with Crippen molar-refractivity contribution in [3.63, 3.8) is 0 Å². The van der Waals surface area contributed by atoms with Crippen LogP contribution in [0.5, 0.6) is 5.75 Å². The van der Waals surface area contributed by atoms with Crippen LogP contribution in [0, 0.1) is 0 Å². The molecular formula is C22H35N3O2. The lowest BCUT2D eigenvalue weighted by Gasteiger charge is -2.37. The lowest BCUT2D eigenvalue weighted by molar-refractivity contribution is 0.0531. The number of hydrogen-bond acceptors (Lipinski definition) is 3. The molecule has 1 heterocycles. The minimum atomic E-state index is 0.0427. The van der Waals surface area contributed by atoms with Crippen molar-refractivity contribution in [2.75, 3.05) is 32.9 Å². The van der Waals surface area contributed by atoms with Crippen molar-refractivity contribution in [3.8, 4) is 5.75 Å². The molecule has 0 spiro atoms. The standard InChI is InChI=1S/C22H35N3O2/c1-3-23-21(25-19-7-5-6-8-19)24-17-22(13-15-26-16-14-22)18-9-11-20(12-10-18)27-4-2/h9-12,19H,3-8,13-17H2,1-2H3,(H2,23,24,25). The van der Waals surface area contributed by atoms with E-state index >= 15 is 0 Å². The van der Waals surface area contributed by atoms with E-state index < -0.39 is 0 Å². The first kappa shape index (κ1) is 20.0. The molecule has 1 saturated heterocycles. The molecular weight excluding hydrogens is 338 g/mol. The molecule has 5 heteroatoms. The number of hydrogen-bond donors (Lipinski definition) is 2. The number of rotatable bonds is 7. The molecule has 150 valence electrons. The first-order chi connectivity index (χ1) is 13.3. The highest BCUT2D eigenvalue weighted by Gasteiger charge is 2.34. The molecule has 1 saturated carbocycles. The predicted molar refractivity (Wildman–Crippen MR) is 111 cm³/mol. The van der Waals surface area contributed by atoms with Crippen LogP contribution in [0.15, 0.2) is 29.3 Å². The third kappa shape index (κ3) is 5.38. The third-order valence-electron chi connectivity index (χ3n) is 5.81. The largest absolute Gasteiger partial charge is 0.494 e. The van der Waals surface area contributed by atoms with Crippen molar-refractivity contribution in [1.82, 2.24) is 10.6 Å². The Morgan fingerprint density at radius 3 is 2.48 bits per heavy atom. The molecule has 2 N–H and O–H groups in total. The van der Waals surface area contributed by atoms with E-state index in [0.717, 1.165) is 50.9 Å². The summed E-state index contributed by atoms with van der Waals surface area (Å²) in [5, 5.41) is 7.07. The topological polar surface area (TPSA) is 54.9 Å². The van der Waals surface area contributed by atoms with Crippen LogP contribution in [0.25, 0.3) is 0 Å². The third-order valence-corrected chi connectivity index (χ3v) is 5.81. The maximum atomic E-state index is 5.67. The number of nitrogens with zero attached hydrogens (tertiary/aromatic N) is 1. The molecule has 2 fully saturated rings. The summed E-state index contributed by atoms with van der Waals surface area (Å²) in [7, 11) is 0. The van der Waals surface area contributed by atoms with Crippen LogP contribution in [-0.4, -0.2) is 44.9 Å². The summed E-state index contributed by atoms with van der Waals surface area (Å²) in [6.45, 7) is 8.11. The zero-order chi connectivity index (χ0) is 19.0. The van der Waals surface area contributed by atoms with Crippen LogP contribution in [0.4, 0.5) is 0 Å². The maximum Gasteiger partial charge on any atom is 0.191 e. The summed E-state index contributed by atoms with van der Waals surface area (Å²) < 4.78 is 11.3. The van der Waals surface area contributed by atoms with Crippen molar-refractivity contribution in [2.24, 2.45) is 4.99 Å². The molecule has 1 aromatic carbocycles. The molecule has 2 aliphatic rings. The second kappa shape index (κ2) is 9.98. The van der Waals surface area contributed by atoms with Gasteiger partial charge in [0.25, 0.3) is 0 Å². The molecule has 3 rings (SSSR count). The molecule has 0 amide bonds. The molecule has 1 aliphatic carbocycles. The molecule has 1 aliphatic heterocycles. The summed E-state index contributed by atoms with van der Waals surface area (Å²) in [5.74, 6) is 1.89. The normalized spacial score (nSPS) is 20.4. The fraction of sp³-hybridized carbons (Fsp3) is 0.682. The summed E-state index contributed by atoms with van der Waals surface area (Å²) in [5.41, 5.74) is 1.39. The van der Waals surface area contributed by atoms with Gasteiger partial charge in [0.2, 0.25) is 0 Å². The molecule has 5 nitrogen and oxygen atoms in total. The fourth-order valence-corrected chi connectivity index (χ4v) is 4.19.